The first-order valence-electron chi connectivity index (χ1n) is 6.09. The lowest BCUT2D eigenvalue weighted by Gasteiger charge is -2.11. The Hall–Kier alpha value is -1.39. The van der Waals surface area contributed by atoms with Crippen LogP contribution in [0.5, 0.6) is 5.88 Å². The van der Waals surface area contributed by atoms with Crippen LogP contribution in [-0.4, -0.2) is 23.3 Å². The number of nitrogens with zero attached hydrogens (tertiary/aromatic N) is 1. The summed E-state index contributed by atoms with van der Waals surface area (Å²) in [5, 5.41) is 10.1. The number of ether oxygens (including phenoxy) is 1. The minimum absolute atomic E-state index is 0.406. The Morgan fingerprint density at radius 3 is 2.32 bits per heavy atom. The molecule has 1 aromatic carbocycles. The number of methoxy groups -OCH3 is 1. The Labute approximate surface area is 121 Å². The third kappa shape index (κ3) is 4.33. The van der Waals surface area contributed by atoms with Crippen molar-refractivity contribution >= 4 is 15.9 Å². The second-order valence-corrected chi connectivity index (χ2v) is 5.31. The van der Waals surface area contributed by atoms with E-state index < -0.39 is 6.10 Å². The molecule has 0 aliphatic heterocycles. The summed E-state index contributed by atoms with van der Waals surface area (Å²) in [4.78, 5) is 4.13. The van der Waals surface area contributed by atoms with Gasteiger partial charge in [-0.2, -0.15) is 0 Å². The van der Waals surface area contributed by atoms with Crippen molar-refractivity contribution < 1.29 is 9.84 Å². The molecular weight excluding hydrogens is 306 g/mol. The number of aliphatic hydroxyl groups is 1. The van der Waals surface area contributed by atoms with Crippen LogP contribution in [0, 0.1) is 0 Å². The van der Waals surface area contributed by atoms with Crippen LogP contribution < -0.4 is 4.74 Å². The molecular formula is C15H16BrNO2. The first-order chi connectivity index (χ1) is 9.17. The van der Waals surface area contributed by atoms with Crippen LogP contribution in [0.15, 0.2) is 47.1 Å². The van der Waals surface area contributed by atoms with Gasteiger partial charge in [-0.25, -0.2) is 4.98 Å². The Morgan fingerprint density at radius 2 is 1.74 bits per heavy atom. The lowest BCUT2D eigenvalue weighted by molar-refractivity contribution is 0.175. The van der Waals surface area contributed by atoms with Gasteiger partial charge in [0.05, 0.1) is 13.2 Å². The molecule has 2 aromatic rings. The SMILES string of the molecule is COc1ccc(CC(O)Cc2ccc(Br)cc2)cn1. The highest BCUT2D eigenvalue weighted by Crippen LogP contribution is 2.14. The Morgan fingerprint density at radius 1 is 1.11 bits per heavy atom. The van der Waals surface area contributed by atoms with Crippen LogP contribution in [0.1, 0.15) is 11.1 Å². The summed E-state index contributed by atoms with van der Waals surface area (Å²) in [5.74, 6) is 0.589. The van der Waals surface area contributed by atoms with Crippen LogP contribution in [0.25, 0.3) is 0 Å². The summed E-state index contributed by atoms with van der Waals surface area (Å²) in [6.45, 7) is 0. The summed E-state index contributed by atoms with van der Waals surface area (Å²) in [7, 11) is 1.59. The van der Waals surface area contributed by atoms with E-state index in [1.807, 2.05) is 36.4 Å². The molecule has 1 N–H and O–H groups in total. The van der Waals surface area contributed by atoms with Crippen molar-refractivity contribution in [2.75, 3.05) is 7.11 Å². The Bertz CT molecular complexity index is 511. The molecule has 19 heavy (non-hydrogen) atoms. The molecule has 0 fully saturated rings. The molecule has 1 heterocycles. The molecule has 0 saturated heterocycles. The van der Waals surface area contributed by atoms with E-state index in [4.69, 9.17) is 4.74 Å². The van der Waals surface area contributed by atoms with E-state index in [-0.39, 0.29) is 0 Å². The quantitative estimate of drug-likeness (QED) is 0.920. The first kappa shape index (κ1) is 14.0. The molecule has 1 aromatic heterocycles. The summed E-state index contributed by atoms with van der Waals surface area (Å²) in [5.41, 5.74) is 2.13. The fourth-order valence-electron chi connectivity index (χ4n) is 1.89. The molecule has 1 unspecified atom stereocenters. The van der Waals surface area contributed by atoms with Gasteiger partial charge in [-0.15, -0.1) is 0 Å². The first-order valence-corrected chi connectivity index (χ1v) is 6.88. The highest BCUT2D eigenvalue weighted by Gasteiger charge is 2.07. The molecule has 4 heteroatoms. The van der Waals surface area contributed by atoms with E-state index in [1.54, 1.807) is 13.3 Å². The minimum Gasteiger partial charge on any atom is -0.481 e. The van der Waals surface area contributed by atoms with Crippen molar-refractivity contribution in [3.8, 4) is 5.88 Å². The monoisotopic (exact) mass is 321 g/mol. The zero-order valence-electron chi connectivity index (χ0n) is 10.7. The van der Waals surface area contributed by atoms with E-state index >= 15 is 0 Å². The Balaban J connectivity index is 1.92. The van der Waals surface area contributed by atoms with Crippen molar-refractivity contribution in [2.45, 2.75) is 18.9 Å². The van der Waals surface area contributed by atoms with Gasteiger partial charge in [0, 0.05) is 23.2 Å². The van der Waals surface area contributed by atoms with Crippen LogP contribution in [0.3, 0.4) is 0 Å². The fourth-order valence-corrected chi connectivity index (χ4v) is 2.15. The maximum Gasteiger partial charge on any atom is 0.212 e. The van der Waals surface area contributed by atoms with Gasteiger partial charge >= 0.3 is 0 Å². The predicted octanol–water partition coefficient (Wildman–Crippen LogP) is 3.00. The molecule has 2 rings (SSSR count). The molecule has 0 bridgehead atoms. The summed E-state index contributed by atoms with van der Waals surface area (Å²) < 4.78 is 6.05. The normalized spacial score (nSPS) is 12.2. The van der Waals surface area contributed by atoms with E-state index in [0.29, 0.717) is 18.7 Å². The largest absolute Gasteiger partial charge is 0.481 e. The average molecular weight is 322 g/mol. The van der Waals surface area contributed by atoms with Crippen molar-refractivity contribution in [1.29, 1.82) is 0 Å². The van der Waals surface area contributed by atoms with Gasteiger partial charge in [0.2, 0.25) is 5.88 Å². The van der Waals surface area contributed by atoms with Gasteiger partial charge in [-0.3, -0.25) is 0 Å². The molecule has 0 amide bonds. The Kier molecular flexibility index (Phi) is 4.93. The van der Waals surface area contributed by atoms with E-state index in [1.165, 1.54) is 0 Å². The highest BCUT2D eigenvalue weighted by molar-refractivity contribution is 9.10. The smallest absolute Gasteiger partial charge is 0.212 e. The number of hydrogen-bond acceptors (Lipinski definition) is 3. The fraction of sp³-hybridized carbons (Fsp3) is 0.267. The number of halogens is 1. The van der Waals surface area contributed by atoms with Gasteiger partial charge < -0.3 is 9.84 Å². The molecule has 0 spiro atoms. The molecule has 0 aliphatic rings. The van der Waals surface area contributed by atoms with Crippen LogP contribution >= 0.6 is 15.9 Å². The van der Waals surface area contributed by atoms with Gasteiger partial charge in [0.1, 0.15) is 0 Å². The maximum absolute atomic E-state index is 10.1. The van der Waals surface area contributed by atoms with Gasteiger partial charge in [-0.1, -0.05) is 34.1 Å². The molecule has 3 nitrogen and oxygen atoms in total. The van der Waals surface area contributed by atoms with Gasteiger partial charge in [0.25, 0.3) is 0 Å². The second-order valence-electron chi connectivity index (χ2n) is 4.40. The molecule has 0 aliphatic carbocycles. The van der Waals surface area contributed by atoms with Crippen LogP contribution in [0.4, 0.5) is 0 Å². The molecule has 100 valence electrons. The van der Waals surface area contributed by atoms with E-state index in [9.17, 15) is 5.11 Å². The molecule has 1 atom stereocenters. The summed E-state index contributed by atoms with van der Waals surface area (Å²) >= 11 is 3.40. The molecule has 0 saturated carbocycles. The van der Waals surface area contributed by atoms with Gasteiger partial charge in [-0.05, 0) is 29.7 Å². The minimum atomic E-state index is -0.406. The molecule has 0 radical (unpaired) electrons. The van der Waals surface area contributed by atoms with Crippen molar-refractivity contribution in [2.24, 2.45) is 0 Å². The third-order valence-electron chi connectivity index (χ3n) is 2.86. The predicted molar refractivity (Wildman–Crippen MR) is 78.3 cm³/mol. The van der Waals surface area contributed by atoms with Crippen LogP contribution in [0.2, 0.25) is 0 Å². The number of pyridine rings is 1. The lowest BCUT2D eigenvalue weighted by Crippen LogP contribution is -2.14. The number of rotatable bonds is 5. The average Bonchev–Trinajstić information content (AvgIpc) is 2.42. The number of aliphatic hydroxyl groups excluding tert-OH is 1. The standard InChI is InChI=1S/C15H16BrNO2/c1-19-15-7-4-12(10-17-15)9-14(18)8-11-2-5-13(16)6-3-11/h2-7,10,14,18H,8-9H2,1H3. The van der Waals surface area contributed by atoms with Crippen molar-refractivity contribution in [1.82, 2.24) is 4.98 Å². The van der Waals surface area contributed by atoms with E-state index in [0.717, 1.165) is 15.6 Å². The zero-order chi connectivity index (χ0) is 13.7. The topological polar surface area (TPSA) is 42.4 Å². The summed E-state index contributed by atoms with van der Waals surface area (Å²) in [6, 6.07) is 11.7. The second kappa shape index (κ2) is 6.68. The maximum atomic E-state index is 10.1. The highest BCUT2D eigenvalue weighted by atomic mass is 79.9. The lowest BCUT2D eigenvalue weighted by atomic mass is 10.0. The number of benzene rings is 1. The zero-order valence-corrected chi connectivity index (χ0v) is 12.3. The third-order valence-corrected chi connectivity index (χ3v) is 3.39. The van der Waals surface area contributed by atoms with Gasteiger partial charge in [0.15, 0.2) is 0 Å². The number of aromatic nitrogens is 1. The number of hydrogen-bond donors (Lipinski definition) is 1. The van der Waals surface area contributed by atoms with Crippen LogP contribution in [-0.2, 0) is 12.8 Å². The van der Waals surface area contributed by atoms with E-state index in [2.05, 4.69) is 20.9 Å². The summed E-state index contributed by atoms with van der Waals surface area (Å²) in [6.07, 6.45) is 2.56. The van der Waals surface area contributed by atoms with Crippen molar-refractivity contribution in [3.05, 3.63) is 58.2 Å². The van der Waals surface area contributed by atoms with Crippen molar-refractivity contribution in [3.63, 3.8) is 0 Å².